The van der Waals surface area contributed by atoms with Crippen LogP contribution in [0.5, 0.6) is 0 Å². The van der Waals surface area contributed by atoms with Gasteiger partial charge in [-0.25, -0.2) is 0 Å². The lowest BCUT2D eigenvalue weighted by molar-refractivity contribution is -0.121. The Morgan fingerprint density at radius 2 is 1.80 bits per heavy atom. The minimum absolute atomic E-state index is 0. The second-order valence-corrected chi connectivity index (χ2v) is 4.70. The van der Waals surface area contributed by atoms with Gasteiger partial charge in [0.1, 0.15) is 0 Å². The summed E-state index contributed by atoms with van der Waals surface area (Å²) < 4.78 is 0. The van der Waals surface area contributed by atoms with Crippen molar-refractivity contribution in [2.24, 2.45) is 5.73 Å². The molecule has 1 fully saturated rings. The highest BCUT2D eigenvalue weighted by Crippen LogP contribution is 2.19. The van der Waals surface area contributed by atoms with Gasteiger partial charge >= 0.3 is 0 Å². The Morgan fingerprint density at radius 1 is 1.20 bits per heavy atom. The Bertz CT molecular complexity index is 381. The van der Waals surface area contributed by atoms with Crippen molar-refractivity contribution in [3.63, 3.8) is 0 Å². The SMILES string of the molecule is Cl.Cl.NCCC(=O)NC1CCN(c2ccccc2)CC1. The first-order valence-corrected chi connectivity index (χ1v) is 6.59. The van der Waals surface area contributed by atoms with E-state index < -0.39 is 0 Å². The normalized spacial score (nSPS) is 14.9. The maximum atomic E-state index is 11.5. The number of carbonyl (C=O) groups excluding carboxylic acids is 1. The van der Waals surface area contributed by atoms with E-state index in [1.54, 1.807) is 0 Å². The van der Waals surface area contributed by atoms with Crippen LogP contribution in [-0.2, 0) is 4.79 Å². The number of carbonyl (C=O) groups is 1. The first-order valence-electron chi connectivity index (χ1n) is 6.59. The fourth-order valence-corrected chi connectivity index (χ4v) is 2.35. The molecular formula is C14H23Cl2N3O. The third-order valence-corrected chi connectivity index (χ3v) is 3.35. The number of hydrogen-bond acceptors (Lipinski definition) is 3. The molecule has 0 bridgehead atoms. The van der Waals surface area contributed by atoms with Crippen molar-refractivity contribution < 1.29 is 4.79 Å². The Hall–Kier alpha value is -0.970. The van der Waals surface area contributed by atoms with Gasteiger partial charge in [0, 0.05) is 37.8 Å². The number of amides is 1. The molecule has 20 heavy (non-hydrogen) atoms. The number of hydrogen-bond donors (Lipinski definition) is 2. The van der Waals surface area contributed by atoms with E-state index in [-0.39, 0.29) is 30.7 Å². The van der Waals surface area contributed by atoms with Gasteiger partial charge in [-0.2, -0.15) is 0 Å². The fraction of sp³-hybridized carbons (Fsp3) is 0.500. The number of piperidine rings is 1. The van der Waals surface area contributed by atoms with Gasteiger partial charge in [0.2, 0.25) is 5.91 Å². The summed E-state index contributed by atoms with van der Waals surface area (Å²) in [5, 5.41) is 3.05. The molecule has 0 saturated carbocycles. The Labute approximate surface area is 132 Å². The first kappa shape index (κ1) is 19.0. The standard InChI is InChI=1S/C14H21N3O.2ClH/c15-9-6-14(18)16-12-7-10-17(11-8-12)13-4-2-1-3-5-13;;/h1-5,12H,6-11,15H2,(H,16,18);2*1H. The van der Waals surface area contributed by atoms with E-state index in [1.807, 2.05) is 6.07 Å². The zero-order chi connectivity index (χ0) is 12.8. The van der Waals surface area contributed by atoms with Crippen LogP contribution in [0.4, 0.5) is 5.69 Å². The Morgan fingerprint density at radius 3 is 2.35 bits per heavy atom. The van der Waals surface area contributed by atoms with Crippen molar-refractivity contribution >= 4 is 36.4 Å². The molecule has 114 valence electrons. The van der Waals surface area contributed by atoms with Gasteiger partial charge in [0.25, 0.3) is 0 Å². The summed E-state index contributed by atoms with van der Waals surface area (Å²) in [5.41, 5.74) is 6.63. The minimum Gasteiger partial charge on any atom is -0.371 e. The van der Waals surface area contributed by atoms with E-state index >= 15 is 0 Å². The predicted molar refractivity (Wildman–Crippen MR) is 88.0 cm³/mol. The zero-order valence-electron chi connectivity index (χ0n) is 11.5. The molecule has 0 radical (unpaired) electrons. The van der Waals surface area contributed by atoms with E-state index in [0.717, 1.165) is 25.9 Å². The third-order valence-electron chi connectivity index (χ3n) is 3.35. The Kier molecular flexibility index (Phi) is 9.38. The lowest BCUT2D eigenvalue weighted by atomic mass is 10.0. The summed E-state index contributed by atoms with van der Waals surface area (Å²) in [4.78, 5) is 13.8. The van der Waals surface area contributed by atoms with Crippen LogP contribution in [0.15, 0.2) is 30.3 Å². The van der Waals surface area contributed by atoms with Gasteiger partial charge in [-0.3, -0.25) is 4.79 Å². The van der Waals surface area contributed by atoms with Crippen molar-refractivity contribution in [3.05, 3.63) is 30.3 Å². The van der Waals surface area contributed by atoms with Crippen LogP contribution >= 0.6 is 24.8 Å². The highest BCUT2D eigenvalue weighted by molar-refractivity contribution is 5.85. The van der Waals surface area contributed by atoms with Gasteiger partial charge in [-0.1, -0.05) is 18.2 Å². The van der Waals surface area contributed by atoms with E-state index in [4.69, 9.17) is 5.73 Å². The second kappa shape index (κ2) is 9.86. The highest BCUT2D eigenvalue weighted by atomic mass is 35.5. The van der Waals surface area contributed by atoms with Crippen molar-refractivity contribution in [2.45, 2.75) is 25.3 Å². The molecule has 1 heterocycles. The van der Waals surface area contributed by atoms with Crippen LogP contribution in [0.1, 0.15) is 19.3 Å². The number of halogens is 2. The average Bonchev–Trinajstić information content (AvgIpc) is 2.41. The molecule has 6 heteroatoms. The van der Waals surface area contributed by atoms with Crippen LogP contribution in [0.3, 0.4) is 0 Å². The molecule has 2 rings (SSSR count). The molecule has 3 N–H and O–H groups in total. The van der Waals surface area contributed by atoms with Crippen molar-refractivity contribution in [1.29, 1.82) is 0 Å². The molecule has 0 aromatic heterocycles. The van der Waals surface area contributed by atoms with E-state index in [9.17, 15) is 4.79 Å². The number of anilines is 1. The molecular weight excluding hydrogens is 297 g/mol. The minimum atomic E-state index is 0. The molecule has 0 aliphatic carbocycles. The summed E-state index contributed by atoms with van der Waals surface area (Å²) in [7, 11) is 0. The number of benzene rings is 1. The summed E-state index contributed by atoms with van der Waals surface area (Å²) in [5.74, 6) is 0.0793. The van der Waals surface area contributed by atoms with Gasteiger partial charge in [0.15, 0.2) is 0 Å². The smallest absolute Gasteiger partial charge is 0.221 e. The number of para-hydroxylation sites is 1. The van der Waals surface area contributed by atoms with Crippen LogP contribution in [0, 0.1) is 0 Å². The molecule has 1 aromatic carbocycles. The highest BCUT2D eigenvalue weighted by Gasteiger charge is 2.20. The molecule has 1 amide bonds. The maximum absolute atomic E-state index is 11.5. The van der Waals surface area contributed by atoms with E-state index in [0.29, 0.717) is 19.0 Å². The fourth-order valence-electron chi connectivity index (χ4n) is 2.35. The second-order valence-electron chi connectivity index (χ2n) is 4.70. The predicted octanol–water partition coefficient (Wildman–Crippen LogP) is 1.96. The molecule has 1 aliphatic heterocycles. The summed E-state index contributed by atoms with van der Waals surface area (Å²) >= 11 is 0. The summed E-state index contributed by atoms with van der Waals surface area (Å²) in [6.07, 6.45) is 2.44. The first-order chi connectivity index (χ1) is 8.79. The largest absolute Gasteiger partial charge is 0.371 e. The van der Waals surface area contributed by atoms with Crippen LogP contribution in [0.2, 0.25) is 0 Å². The molecule has 1 saturated heterocycles. The molecule has 1 aliphatic rings. The van der Waals surface area contributed by atoms with Crippen LogP contribution in [-0.4, -0.2) is 31.6 Å². The van der Waals surface area contributed by atoms with Crippen molar-refractivity contribution in [2.75, 3.05) is 24.5 Å². The van der Waals surface area contributed by atoms with Gasteiger partial charge < -0.3 is 16.0 Å². The van der Waals surface area contributed by atoms with Crippen molar-refractivity contribution in [1.82, 2.24) is 5.32 Å². The zero-order valence-corrected chi connectivity index (χ0v) is 13.1. The number of nitrogens with one attached hydrogen (secondary N) is 1. The van der Waals surface area contributed by atoms with Gasteiger partial charge in [-0.15, -0.1) is 24.8 Å². The molecule has 0 unspecified atom stereocenters. The van der Waals surface area contributed by atoms with Crippen molar-refractivity contribution in [3.8, 4) is 0 Å². The lowest BCUT2D eigenvalue weighted by Gasteiger charge is -2.34. The molecule has 4 nitrogen and oxygen atoms in total. The Balaban J connectivity index is 0.00000180. The summed E-state index contributed by atoms with van der Waals surface area (Å²) in [6.45, 7) is 2.42. The van der Waals surface area contributed by atoms with E-state index in [1.165, 1.54) is 5.69 Å². The molecule has 0 spiro atoms. The monoisotopic (exact) mass is 319 g/mol. The topological polar surface area (TPSA) is 58.4 Å². The number of rotatable bonds is 4. The third kappa shape index (κ3) is 5.57. The average molecular weight is 320 g/mol. The molecule has 1 aromatic rings. The number of nitrogens with two attached hydrogens (primary N) is 1. The van der Waals surface area contributed by atoms with Crippen LogP contribution < -0.4 is 16.0 Å². The van der Waals surface area contributed by atoms with Crippen LogP contribution in [0.25, 0.3) is 0 Å². The molecule has 0 atom stereocenters. The maximum Gasteiger partial charge on any atom is 0.221 e. The summed E-state index contributed by atoms with van der Waals surface area (Å²) in [6, 6.07) is 10.7. The quantitative estimate of drug-likeness (QED) is 0.892. The van der Waals surface area contributed by atoms with Gasteiger partial charge in [-0.05, 0) is 25.0 Å². The lowest BCUT2D eigenvalue weighted by Crippen LogP contribution is -2.45. The van der Waals surface area contributed by atoms with E-state index in [2.05, 4.69) is 34.5 Å². The van der Waals surface area contributed by atoms with Gasteiger partial charge in [0.05, 0.1) is 0 Å². The number of nitrogens with zero attached hydrogens (tertiary/aromatic N) is 1.